The molecule has 5 heteroatoms. The summed E-state index contributed by atoms with van der Waals surface area (Å²) in [6, 6.07) is 11.2. The molecule has 0 aliphatic heterocycles. The summed E-state index contributed by atoms with van der Waals surface area (Å²) in [6.45, 7) is 3.80. The van der Waals surface area contributed by atoms with Gasteiger partial charge < -0.3 is 10.4 Å². The summed E-state index contributed by atoms with van der Waals surface area (Å²) >= 11 is 1.56. The maximum absolute atomic E-state index is 12.5. The van der Waals surface area contributed by atoms with Crippen molar-refractivity contribution in [1.29, 1.82) is 0 Å². The lowest BCUT2D eigenvalue weighted by molar-refractivity contribution is -0.137. The molecule has 0 radical (unpaired) electrons. The molecule has 0 aliphatic rings. The molecular formula is C17H19NO3S. The van der Waals surface area contributed by atoms with Crippen molar-refractivity contribution in [2.24, 2.45) is 0 Å². The van der Waals surface area contributed by atoms with Crippen LogP contribution in [0.3, 0.4) is 0 Å². The van der Waals surface area contributed by atoms with Crippen molar-refractivity contribution in [2.45, 2.75) is 32.1 Å². The summed E-state index contributed by atoms with van der Waals surface area (Å²) in [4.78, 5) is 24.0. The zero-order valence-corrected chi connectivity index (χ0v) is 13.4. The number of hydrogen-bond donors (Lipinski definition) is 2. The van der Waals surface area contributed by atoms with Gasteiger partial charge in [0.15, 0.2) is 0 Å². The summed E-state index contributed by atoms with van der Waals surface area (Å²) in [7, 11) is 0. The predicted octanol–water partition coefficient (Wildman–Crippen LogP) is 3.68. The minimum absolute atomic E-state index is 0.0618. The lowest BCUT2D eigenvalue weighted by Crippen LogP contribution is -2.33. The Morgan fingerprint density at radius 1 is 1.18 bits per heavy atom. The van der Waals surface area contributed by atoms with Gasteiger partial charge in [0.05, 0.1) is 5.41 Å². The number of benzene rings is 1. The predicted molar refractivity (Wildman–Crippen MR) is 88.4 cm³/mol. The molecule has 1 heterocycles. The van der Waals surface area contributed by atoms with E-state index in [9.17, 15) is 9.59 Å². The fraction of sp³-hybridized carbons (Fsp3) is 0.294. The highest BCUT2D eigenvalue weighted by atomic mass is 32.1. The van der Waals surface area contributed by atoms with Gasteiger partial charge in [-0.05, 0) is 49.4 Å². The molecule has 2 rings (SSSR count). The van der Waals surface area contributed by atoms with Crippen molar-refractivity contribution in [3.05, 3.63) is 52.2 Å². The van der Waals surface area contributed by atoms with E-state index >= 15 is 0 Å². The summed E-state index contributed by atoms with van der Waals surface area (Å²) in [5.41, 5.74) is 1.07. The lowest BCUT2D eigenvalue weighted by atomic mass is 9.90. The van der Waals surface area contributed by atoms with Gasteiger partial charge >= 0.3 is 5.97 Å². The Morgan fingerprint density at radius 3 is 2.41 bits per heavy atom. The van der Waals surface area contributed by atoms with Gasteiger partial charge in [-0.1, -0.05) is 18.2 Å². The molecule has 0 atom stereocenters. The number of hydrogen-bond acceptors (Lipinski definition) is 3. The topological polar surface area (TPSA) is 66.4 Å². The van der Waals surface area contributed by atoms with Gasteiger partial charge in [0.1, 0.15) is 0 Å². The molecule has 0 bridgehead atoms. The van der Waals surface area contributed by atoms with E-state index in [1.54, 1.807) is 23.5 Å². The van der Waals surface area contributed by atoms with Gasteiger partial charge in [-0.25, -0.2) is 0 Å². The zero-order valence-electron chi connectivity index (χ0n) is 12.6. The zero-order chi connectivity index (χ0) is 16.2. The Kier molecular flexibility index (Phi) is 4.98. The third-order valence-electron chi connectivity index (χ3n) is 3.54. The number of aryl methyl sites for hydroxylation is 1. The highest BCUT2D eigenvalue weighted by molar-refractivity contribution is 7.10. The molecule has 1 amide bonds. The fourth-order valence-electron chi connectivity index (χ4n) is 2.04. The van der Waals surface area contributed by atoms with E-state index in [2.05, 4.69) is 5.32 Å². The first kappa shape index (κ1) is 16.2. The maximum atomic E-state index is 12.5. The Labute approximate surface area is 133 Å². The van der Waals surface area contributed by atoms with Crippen LogP contribution in [0.15, 0.2) is 41.8 Å². The molecule has 116 valence electrons. The van der Waals surface area contributed by atoms with Crippen LogP contribution in [0, 0.1) is 0 Å². The van der Waals surface area contributed by atoms with E-state index in [0.717, 1.165) is 10.4 Å². The number of carbonyl (C=O) groups excluding carboxylic acids is 1. The van der Waals surface area contributed by atoms with E-state index in [0.29, 0.717) is 12.1 Å². The second kappa shape index (κ2) is 6.75. The van der Waals surface area contributed by atoms with Crippen LogP contribution >= 0.6 is 11.3 Å². The molecule has 2 aromatic rings. The van der Waals surface area contributed by atoms with E-state index in [4.69, 9.17) is 5.11 Å². The lowest BCUT2D eigenvalue weighted by Gasteiger charge is -2.22. The van der Waals surface area contributed by atoms with Crippen LogP contribution in [-0.4, -0.2) is 17.0 Å². The van der Waals surface area contributed by atoms with Gasteiger partial charge in [-0.3, -0.25) is 9.59 Å². The second-order valence-corrected chi connectivity index (χ2v) is 6.59. The van der Waals surface area contributed by atoms with Gasteiger partial charge in [0, 0.05) is 17.0 Å². The Bertz CT molecular complexity index is 645. The molecule has 0 spiro atoms. The van der Waals surface area contributed by atoms with Crippen molar-refractivity contribution >= 4 is 28.9 Å². The number of carbonyl (C=O) groups is 2. The minimum atomic E-state index is -0.810. The second-order valence-electron chi connectivity index (χ2n) is 5.65. The Morgan fingerprint density at radius 2 is 1.86 bits per heavy atom. The molecule has 0 saturated carbocycles. The van der Waals surface area contributed by atoms with Crippen LogP contribution in [-0.2, 0) is 21.4 Å². The molecule has 0 aliphatic carbocycles. The smallest absolute Gasteiger partial charge is 0.303 e. The molecule has 0 fully saturated rings. The average molecular weight is 317 g/mol. The molecule has 0 saturated heterocycles. The van der Waals surface area contributed by atoms with Crippen molar-refractivity contribution < 1.29 is 14.7 Å². The van der Waals surface area contributed by atoms with Crippen molar-refractivity contribution in [1.82, 2.24) is 0 Å². The average Bonchev–Trinajstić information content (AvgIpc) is 3.01. The third-order valence-corrected chi connectivity index (χ3v) is 4.74. The molecule has 1 aromatic carbocycles. The Balaban J connectivity index is 2.01. The molecule has 4 nitrogen and oxygen atoms in total. The number of thiophene rings is 1. The Hall–Kier alpha value is -2.14. The molecule has 0 unspecified atom stereocenters. The number of carboxylic acids is 1. The number of rotatable bonds is 6. The maximum Gasteiger partial charge on any atom is 0.303 e. The van der Waals surface area contributed by atoms with Crippen molar-refractivity contribution in [3.63, 3.8) is 0 Å². The van der Waals surface area contributed by atoms with Crippen molar-refractivity contribution in [3.8, 4) is 0 Å². The molecular weight excluding hydrogens is 298 g/mol. The molecule has 1 aromatic heterocycles. The van der Waals surface area contributed by atoms with Crippen LogP contribution in [0.5, 0.6) is 0 Å². The number of amides is 1. The first-order valence-electron chi connectivity index (χ1n) is 7.06. The van der Waals surface area contributed by atoms with Gasteiger partial charge in [-0.2, -0.15) is 0 Å². The third kappa shape index (κ3) is 3.95. The first-order chi connectivity index (χ1) is 10.4. The van der Waals surface area contributed by atoms with Gasteiger partial charge in [0.2, 0.25) is 5.91 Å². The monoisotopic (exact) mass is 317 g/mol. The van der Waals surface area contributed by atoms with E-state index in [-0.39, 0.29) is 12.3 Å². The normalized spacial score (nSPS) is 11.2. The van der Waals surface area contributed by atoms with E-state index < -0.39 is 11.4 Å². The quantitative estimate of drug-likeness (QED) is 0.854. The summed E-state index contributed by atoms with van der Waals surface area (Å²) in [6.07, 6.45) is 0.599. The number of anilines is 1. The fourth-order valence-corrected chi connectivity index (χ4v) is 2.89. The van der Waals surface area contributed by atoms with Crippen LogP contribution in [0.2, 0.25) is 0 Å². The SMILES string of the molecule is CC(C)(C(=O)Nc1ccc(CCC(=O)O)cc1)c1cccs1. The van der Waals surface area contributed by atoms with E-state index in [1.165, 1.54) is 0 Å². The van der Waals surface area contributed by atoms with Crippen LogP contribution < -0.4 is 5.32 Å². The number of carboxylic acid groups (broad SMARTS) is 1. The minimum Gasteiger partial charge on any atom is -0.481 e. The largest absolute Gasteiger partial charge is 0.481 e. The van der Waals surface area contributed by atoms with Crippen LogP contribution in [0.25, 0.3) is 0 Å². The molecule has 22 heavy (non-hydrogen) atoms. The number of nitrogens with one attached hydrogen (secondary N) is 1. The van der Waals surface area contributed by atoms with Crippen LogP contribution in [0.4, 0.5) is 5.69 Å². The van der Waals surface area contributed by atoms with Crippen LogP contribution in [0.1, 0.15) is 30.7 Å². The van der Waals surface area contributed by atoms with Crippen molar-refractivity contribution in [2.75, 3.05) is 5.32 Å². The van der Waals surface area contributed by atoms with Gasteiger partial charge in [-0.15, -0.1) is 11.3 Å². The summed E-state index contributed by atoms with van der Waals surface area (Å²) in [5, 5.41) is 13.5. The van der Waals surface area contributed by atoms with E-state index in [1.807, 2.05) is 43.5 Å². The molecule has 2 N–H and O–H groups in total. The van der Waals surface area contributed by atoms with Gasteiger partial charge in [0.25, 0.3) is 0 Å². The summed E-state index contributed by atoms with van der Waals surface area (Å²) < 4.78 is 0. The standard InChI is InChI=1S/C17H19NO3S/c1-17(2,14-4-3-11-22-14)16(21)18-13-8-5-12(6-9-13)7-10-15(19)20/h3-6,8-9,11H,7,10H2,1-2H3,(H,18,21)(H,19,20). The first-order valence-corrected chi connectivity index (χ1v) is 7.94. The highest BCUT2D eigenvalue weighted by Gasteiger charge is 2.30. The summed E-state index contributed by atoms with van der Waals surface area (Å²) in [5.74, 6) is -0.872. The highest BCUT2D eigenvalue weighted by Crippen LogP contribution is 2.29. The number of aliphatic carboxylic acids is 1.